The molecule has 0 aliphatic heterocycles. The minimum absolute atomic E-state index is 0.141. The fourth-order valence-corrected chi connectivity index (χ4v) is 2.91. The predicted octanol–water partition coefficient (Wildman–Crippen LogP) is 4.33. The second kappa shape index (κ2) is 6.92. The number of benzene rings is 1. The Kier molecular flexibility index (Phi) is 4.43. The molecule has 0 bridgehead atoms. The summed E-state index contributed by atoms with van der Waals surface area (Å²) in [6, 6.07) is 17.4. The molecule has 0 spiro atoms. The summed E-state index contributed by atoms with van der Waals surface area (Å²) in [6.07, 6.45) is 1.65. The van der Waals surface area contributed by atoms with Crippen molar-refractivity contribution in [2.24, 2.45) is 0 Å². The second-order valence-electron chi connectivity index (χ2n) is 6.85. The van der Waals surface area contributed by atoms with E-state index in [0.29, 0.717) is 17.2 Å². The third-order valence-electron chi connectivity index (χ3n) is 4.55. The highest BCUT2D eigenvalue weighted by atomic mass is 19.1. The Morgan fingerprint density at radius 3 is 2.39 bits per heavy atom. The summed E-state index contributed by atoms with van der Waals surface area (Å²) in [5.41, 5.74) is 1.46. The Morgan fingerprint density at radius 1 is 0.857 bits per heavy atom. The number of nitrogens with zero attached hydrogens (tertiary/aromatic N) is 5. The van der Waals surface area contributed by atoms with Gasteiger partial charge in [0, 0.05) is 0 Å². The number of para-hydroxylation sites is 1. The van der Waals surface area contributed by atoms with E-state index in [0.717, 1.165) is 11.8 Å². The van der Waals surface area contributed by atoms with Crippen LogP contribution in [0.5, 0.6) is 0 Å². The normalized spacial score (nSPS) is 11.6. The molecule has 7 heteroatoms. The number of aromatic nitrogens is 5. The van der Waals surface area contributed by atoms with Gasteiger partial charge in [0.2, 0.25) is 11.9 Å². The van der Waals surface area contributed by atoms with Gasteiger partial charge >= 0.3 is 0 Å². The average molecular weight is 377 g/mol. The molecule has 1 aromatic carbocycles. The molecule has 0 fully saturated rings. The standard InChI is InChI=1S/C21H17F2N5/c1-21(2,20-24-13-28(27-20)14-7-4-3-5-8-14)17-10-6-9-16(25-17)15-11-12-18(22)26-19(15)23/h3-13H,1-2H3. The molecule has 0 radical (unpaired) electrons. The van der Waals surface area contributed by atoms with Crippen LogP contribution in [0.2, 0.25) is 0 Å². The Hall–Kier alpha value is -3.48. The van der Waals surface area contributed by atoms with Crippen molar-refractivity contribution in [3.8, 4) is 16.9 Å². The van der Waals surface area contributed by atoms with E-state index in [1.165, 1.54) is 6.07 Å². The van der Waals surface area contributed by atoms with Crippen LogP contribution in [0.4, 0.5) is 8.78 Å². The molecule has 4 aromatic rings. The van der Waals surface area contributed by atoms with Gasteiger partial charge in [0.15, 0.2) is 5.82 Å². The van der Waals surface area contributed by atoms with Crippen molar-refractivity contribution in [1.29, 1.82) is 0 Å². The number of pyridine rings is 2. The van der Waals surface area contributed by atoms with Crippen molar-refractivity contribution in [2.75, 3.05) is 0 Å². The van der Waals surface area contributed by atoms with E-state index in [1.54, 1.807) is 23.1 Å². The van der Waals surface area contributed by atoms with Crippen LogP contribution < -0.4 is 0 Å². The number of hydrogen-bond acceptors (Lipinski definition) is 4. The molecule has 0 aliphatic rings. The van der Waals surface area contributed by atoms with Gasteiger partial charge in [0.05, 0.1) is 28.1 Å². The van der Waals surface area contributed by atoms with Crippen LogP contribution in [0.3, 0.4) is 0 Å². The van der Waals surface area contributed by atoms with Gasteiger partial charge in [-0.25, -0.2) is 9.67 Å². The van der Waals surface area contributed by atoms with Crippen LogP contribution in [0.1, 0.15) is 25.4 Å². The van der Waals surface area contributed by atoms with Crippen LogP contribution in [0.15, 0.2) is 67.0 Å². The zero-order valence-electron chi connectivity index (χ0n) is 15.3. The summed E-state index contributed by atoms with van der Waals surface area (Å²) in [5.74, 6) is -1.18. The average Bonchev–Trinajstić information content (AvgIpc) is 3.20. The molecule has 0 N–H and O–H groups in total. The van der Waals surface area contributed by atoms with Gasteiger partial charge in [-0.15, -0.1) is 0 Å². The van der Waals surface area contributed by atoms with E-state index in [-0.39, 0.29) is 5.56 Å². The highest BCUT2D eigenvalue weighted by Gasteiger charge is 2.30. The summed E-state index contributed by atoms with van der Waals surface area (Å²) in [6.45, 7) is 3.89. The molecule has 28 heavy (non-hydrogen) atoms. The molecule has 0 saturated carbocycles. The highest BCUT2D eigenvalue weighted by Crippen LogP contribution is 2.30. The Balaban J connectivity index is 1.71. The van der Waals surface area contributed by atoms with E-state index in [1.807, 2.05) is 50.2 Å². The third-order valence-corrected chi connectivity index (χ3v) is 4.55. The largest absolute Gasteiger partial charge is 0.252 e. The zero-order chi connectivity index (χ0) is 19.7. The van der Waals surface area contributed by atoms with Gasteiger partial charge in [0.1, 0.15) is 6.33 Å². The van der Waals surface area contributed by atoms with Crippen molar-refractivity contribution < 1.29 is 8.78 Å². The van der Waals surface area contributed by atoms with Crippen molar-refractivity contribution in [1.82, 2.24) is 24.7 Å². The molecule has 5 nitrogen and oxygen atoms in total. The first kappa shape index (κ1) is 17.9. The molecule has 3 heterocycles. The second-order valence-corrected chi connectivity index (χ2v) is 6.85. The first-order chi connectivity index (χ1) is 13.4. The number of hydrogen-bond donors (Lipinski definition) is 0. The lowest BCUT2D eigenvalue weighted by molar-refractivity contribution is 0.514. The minimum Gasteiger partial charge on any atom is -0.252 e. The maximum absolute atomic E-state index is 14.1. The Labute approximate surface area is 160 Å². The predicted molar refractivity (Wildman–Crippen MR) is 101 cm³/mol. The van der Waals surface area contributed by atoms with Crippen molar-refractivity contribution in [3.63, 3.8) is 0 Å². The van der Waals surface area contributed by atoms with E-state index < -0.39 is 17.3 Å². The molecule has 0 aliphatic carbocycles. The fraction of sp³-hybridized carbons (Fsp3) is 0.143. The van der Waals surface area contributed by atoms with E-state index in [4.69, 9.17) is 0 Å². The lowest BCUT2D eigenvalue weighted by atomic mass is 9.87. The molecule has 0 amide bonds. The molecule has 0 saturated heterocycles. The fourth-order valence-electron chi connectivity index (χ4n) is 2.91. The van der Waals surface area contributed by atoms with E-state index in [2.05, 4.69) is 20.1 Å². The van der Waals surface area contributed by atoms with Crippen molar-refractivity contribution in [3.05, 3.63) is 90.4 Å². The maximum Gasteiger partial charge on any atom is 0.224 e. The first-order valence-corrected chi connectivity index (χ1v) is 8.72. The molecule has 3 aromatic heterocycles. The van der Waals surface area contributed by atoms with Crippen LogP contribution in [0, 0.1) is 11.9 Å². The molecule has 0 unspecified atom stereocenters. The molecular weight excluding hydrogens is 360 g/mol. The van der Waals surface area contributed by atoms with Gasteiger partial charge < -0.3 is 0 Å². The summed E-state index contributed by atoms with van der Waals surface area (Å²) in [4.78, 5) is 12.3. The number of rotatable bonds is 4. The summed E-state index contributed by atoms with van der Waals surface area (Å²) < 4.78 is 28.9. The Morgan fingerprint density at radius 2 is 1.64 bits per heavy atom. The Bertz CT molecular complexity index is 1120. The van der Waals surface area contributed by atoms with Crippen LogP contribution in [-0.2, 0) is 5.41 Å². The minimum atomic E-state index is -0.895. The van der Waals surface area contributed by atoms with Gasteiger partial charge in [-0.2, -0.15) is 18.9 Å². The lowest BCUT2D eigenvalue weighted by Crippen LogP contribution is -2.23. The van der Waals surface area contributed by atoms with Gasteiger partial charge in [-0.1, -0.05) is 24.3 Å². The smallest absolute Gasteiger partial charge is 0.224 e. The quantitative estimate of drug-likeness (QED) is 0.497. The lowest BCUT2D eigenvalue weighted by Gasteiger charge is -2.21. The monoisotopic (exact) mass is 377 g/mol. The van der Waals surface area contributed by atoms with Crippen LogP contribution >= 0.6 is 0 Å². The van der Waals surface area contributed by atoms with Crippen molar-refractivity contribution in [2.45, 2.75) is 19.3 Å². The third kappa shape index (κ3) is 3.26. The zero-order valence-corrected chi connectivity index (χ0v) is 15.3. The van der Waals surface area contributed by atoms with Crippen LogP contribution in [-0.4, -0.2) is 24.7 Å². The topological polar surface area (TPSA) is 56.5 Å². The summed E-state index contributed by atoms with van der Waals surface area (Å²) >= 11 is 0. The summed E-state index contributed by atoms with van der Waals surface area (Å²) in [5, 5.41) is 4.59. The maximum atomic E-state index is 14.1. The van der Waals surface area contributed by atoms with Gasteiger partial charge in [0.25, 0.3) is 0 Å². The van der Waals surface area contributed by atoms with E-state index >= 15 is 0 Å². The molecule has 140 valence electrons. The molecular formula is C21H17F2N5. The molecule has 0 atom stereocenters. The summed E-state index contributed by atoms with van der Waals surface area (Å²) in [7, 11) is 0. The SMILES string of the molecule is CC(C)(c1cccc(-c2ccc(F)nc2F)n1)c1ncn(-c2ccccc2)n1. The van der Waals surface area contributed by atoms with Gasteiger partial charge in [-0.3, -0.25) is 4.98 Å². The first-order valence-electron chi connectivity index (χ1n) is 8.72. The molecule has 4 rings (SSSR count). The highest BCUT2D eigenvalue weighted by molar-refractivity contribution is 5.59. The van der Waals surface area contributed by atoms with Gasteiger partial charge in [-0.05, 0) is 50.2 Å². The van der Waals surface area contributed by atoms with Crippen LogP contribution in [0.25, 0.3) is 16.9 Å². The van der Waals surface area contributed by atoms with E-state index in [9.17, 15) is 8.78 Å². The number of halogens is 2. The van der Waals surface area contributed by atoms with Crippen molar-refractivity contribution >= 4 is 0 Å².